The molecule has 4 aliphatic carbocycles. The van der Waals surface area contributed by atoms with Crippen LogP contribution in [-0.2, 0) is 25.0 Å². The van der Waals surface area contributed by atoms with Crippen molar-refractivity contribution < 1.29 is 31.5 Å². The molecular formula is C40H50F2N2O5S. The Bertz CT molecular complexity index is 1810. The molecule has 0 unspecified atom stereocenters. The monoisotopic (exact) mass is 708 g/mol. The van der Waals surface area contributed by atoms with Crippen LogP contribution in [0, 0.1) is 11.7 Å². The molecule has 10 heteroatoms. The van der Waals surface area contributed by atoms with Crippen LogP contribution in [0.5, 0.6) is 5.75 Å². The molecule has 5 aliphatic rings. The predicted octanol–water partition coefficient (Wildman–Crippen LogP) is 7.72. The number of Topliss-reactive ketones (excluding diaryl/α,β-unsaturated/α-hetero) is 1. The number of halogens is 2. The number of amides is 1. The van der Waals surface area contributed by atoms with E-state index >= 15 is 8.78 Å². The van der Waals surface area contributed by atoms with E-state index in [0.717, 1.165) is 63.4 Å². The van der Waals surface area contributed by atoms with Crippen LogP contribution in [0.2, 0.25) is 0 Å². The highest BCUT2D eigenvalue weighted by molar-refractivity contribution is 7.91. The number of rotatable bonds is 12. The van der Waals surface area contributed by atoms with Gasteiger partial charge in [0.25, 0.3) is 0 Å². The van der Waals surface area contributed by atoms with E-state index < -0.39 is 31.8 Å². The van der Waals surface area contributed by atoms with Gasteiger partial charge in [-0.2, -0.15) is 0 Å². The smallest absolute Gasteiger partial charge is 0.243 e. The molecule has 7 nitrogen and oxygen atoms in total. The normalized spacial score (nSPS) is 27.2. The third kappa shape index (κ3) is 6.55. The molecule has 1 spiro atoms. The Morgan fingerprint density at radius 2 is 1.80 bits per heavy atom. The molecule has 4 saturated carbocycles. The van der Waals surface area contributed by atoms with E-state index in [-0.39, 0.29) is 54.5 Å². The Hall–Kier alpha value is -3.11. The van der Waals surface area contributed by atoms with Crippen LogP contribution in [0.25, 0.3) is 11.1 Å². The lowest BCUT2D eigenvalue weighted by molar-refractivity contribution is -0.129. The molecule has 2 N–H and O–H groups in total. The van der Waals surface area contributed by atoms with Crippen molar-refractivity contribution in [3.63, 3.8) is 0 Å². The summed E-state index contributed by atoms with van der Waals surface area (Å²) in [7, 11) is -3.83. The molecule has 7 rings (SSSR count). The van der Waals surface area contributed by atoms with Crippen molar-refractivity contribution in [1.29, 1.82) is 0 Å². The van der Waals surface area contributed by atoms with E-state index in [1.807, 2.05) is 30.4 Å². The van der Waals surface area contributed by atoms with Gasteiger partial charge in [0.15, 0.2) is 11.5 Å². The SMILES string of the molecule is CC(C)(C(=O)NS(=O)(=O)C1(C)CC1)c1ccc(O[C@@H]2CC[C@@H](/C=C/CC(=O)[C@@]3(F)CNC4(CCC4)C3)C2)c(-c2cccc(F)c2C2CCC2)c1. The summed E-state index contributed by atoms with van der Waals surface area (Å²) in [6, 6.07) is 10.5. The molecule has 0 radical (unpaired) electrons. The zero-order valence-electron chi connectivity index (χ0n) is 29.5. The number of carbonyl (C=O) groups is 2. The number of sulfonamides is 1. The zero-order chi connectivity index (χ0) is 35.5. The van der Waals surface area contributed by atoms with Crippen LogP contribution in [-0.4, -0.2) is 48.7 Å². The minimum atomic E-state index is -3.83. The van der Waals surface area contributed by atoms with E-state index in [0.29, 0.717) is 35.3 Å². The second-order valence-corrected chi connectivity index (χ2v) is 18.7. The van der Waals surface area contributed by atoms with Crippen LogP contribution in [0.15, 0.2) is 48.6 Å². The quantitative estimate of drug-likeness (QED) is 0.219. The fourth-order valence-corrected chi connectivity index (χ4v) is 9.58. The average Bonchev–Trinajstić information content (AvgIpc) is 3.46. The summed E-state index contributed by atoms with van der Waals surface area (Å²) in [6.07, 6.45) is 13.3. The van der Waals surface area contributed by atoms with Gasteiger partial charge in [0.2, 0.25) is 15.9 Å². The number of allylic oxidation sites excluding steroid dienone is 2. The summed E-state index contributed by atoms with van der Waals surface area (Å²) in [5.41, 5.74) is -0.531. The second kappa shape index (κ2) is 12.8. The summed E-state index contributed by atoms with van der Waals surface area (Å²) >= 11 is 0. The Morgan fingerprint density at radius 1 is 1.04 bits per heavy atom. The highest BCUT2D eigenvalue weighted by Gasteiger charge is 2.54. The number of ketones is 1. The number of carbonyl (C=O) groups excluding carboxylic acids is 2. The van der Waals surface area contributed by atoms with Crippen molar-refractivity contribution in [3.8, 4) is 16.9 Å². The van der Waals surface area contributed by atoms with Crippen molar-refractivity contribution in [2.75, 3.05) is 6.54 Å². The minimum absolute atomic E-state index is 0.0787. The highest BCUT2D eigenvalue weighted by Crippen LogP contribution is 2.47. The van der Waals surface area contributed by atoms with Gasteiger partial charge in [-0.1, -0.05) is 36.8 Å². The summed E-state index contributed by atoms with van der Waals surface area (Å²) in [5.74, 6) is -0.376. The van der Waals surface area contributed by atoms with Gasteiger partial charge in [-0.3, -0.25) is 14.3 Å². The topological polar surface area (TPSA) is 102 Å². The van der Waals surface area contributed by atoms with E-state index in [4.69, 9.17) is 4.74 Å². The van der Waals surface area contributed by atoms with E-state index in [1.165, 1.54) is 6.07 Å². The third-order valence-electron chi connectivity index (χ3n) is 12.6. The second-order valence-electron chi connectivity index (χ2n) is 16.5. The highest BCUT2D eigenvalue weighted by atomic mass is 32.2. The van der Waals surface area contributed by atoms with Crippen molar-refractivity contribution >= 4 is 21.7 Å². The zero-order valence-corrected chi connectivity index (χ0v) is 30.3. The predicted molar refractivity (Wildman–Crippen MR) is 190 cm³/mol. The molecule has 0 aromatic heterocycles. The van der Waals surface area contributed by atoms with Crippen molar-refractivity contribution in [2.24, 2.45) is 5.92 Å². The first-order valence-corrected chi connectivity index (χ1v) is 19.9. The summed E-state index contributed by atoms with van der Waals surface area (Å²) < 4.78 is 64.9. The van der Waals surface area contributed by atoms with Crippen molar-refractivity contribution in [3.05, 3.63) is 65.5 Å². The first kappa shape index (κ1) is 35.3. The summed E-state index contributed by atoms with van der Waals surface area (Å²) in [5, 5.41) is 3.27. The molecule has 270 valence electrons. The molecule has 1 amide bonds. The number of alkyl halides is 1. The van der Waals surface area contributed by atoms with Gasteiger partial charge in [0, 0.05) is 30.5 Å². The van der Waals surface area contributed by atoms with Gasteiger partial charge < -0.3 is 10.1 Å². The molecule has 0 bridgehead atoms. The number of nitrogens with one attached hydrogen (secondary N) is 2. The maximum atomic E-state index is 15.5. The van der Waals surface area contributed by atoms with E-state index in [1.54, 1.807) is 32.9 Å². The van der Waals surface area contributed by atoms with Gasteiger partial charge in [0.05, 0.1) is 16.3 Å². The van der Waals surface area contributed by atoms with Gasteiger partial charge in [0.1, 0.15) is 11.6 Å². The number of ether oxygens (including phenoxy) is 1. The minimum Gasteiger partial charge on any atom is -0.490 e. The lowest BCUT2D eigenvalue weighted by Gasteiger charge is -2.38. The maximum absolute atomic E-state index is 15.5. The molecule has 50 heavy (non-hydrogen) atoms. The maximum Gasteiger partial charge on any atom is 0.243 e. The van der Waals surface area contributed by atoms with Gasteiger partial charge in [-0.15, -0.1) is 0 Å². The van der Waals surface area contributed by atoms with Gasteiger partial charge in [-0.25, -0.2) is 17.2 Å². The fourth-order valence-electron chi connectivity index (χ4n) is 8.19. The Kier molecular flexibility index (Phi) is 9.06. The molecule has 1 heterocycles. The third-order valence-corrected chi connectivity index (χ3v) is 14.7. The van der Waals surface area contributed by atoms with Crippen LogP contribution < -0.4 is 14.8 Å². The van der Waals surface area contributed by atoms with Crippen LogP contribution in [0.1, 0.15) is 121 Å². The Balaban J connectivity index is 1.09. The fraction of sp³-hybridized carbons (Fsp3) is 0.600. The average molecular weight is 709 g/mol. The molecule has 2 aromatic carbocycles. The summed E-state index contributed by atoms with van der Waals surface area (Å²) in [6.45, 7) is 5.15. The van der Waals surface area contributed by atoms with E-state index in [2.05, 4.69) is 10.0 Å². The largest absolute Gasteiger partial charge is 0.490 e. The Labute approximate surface area is 295 Å². The Morgan fingerprint density at radius 3 is 2.44 bits per heavy atom. The molecular weight excluding hydrogens is 659 g/mol. The summed E-state index contributed by atoms with van der Waals surface area (Å²) in [4.78, 5) is 26.4. The first-order valence-electron chi connectivity index (χ1n) is 18.4. The molecule has 3 atom stereocenters. The molecule has 2 aromatic rings. The van der Waals surface area contributed by atoms with Crippen LogP contribution in [0.4, 0.5) is 8.78 Å². The number of benzene rings is 2. The molecule has 5 fully saturated rings. The lowest BCUT2D eigenvalue weighted by atomic mass is 9.73. The van der Waals surface area contributed by atoms with Crippen molar-refractivity contribution in [1.82, 2.24) is 10.0 Å². The number of hydrogen-bond acceptors (Lipinski definition) is 6. The van der Waals surface area contributed by atoms with E-state index in [9.17, 15) is 18.0 Å². The molecule has 1 saturated heterocycles. The molecule has 1 aliphatic heterocycles. The lowest BCUT2D eigenvalue weighted by Crippen LogP contribution is -2.46. The van der Waals surface area contributed by atoms with Gasteiger partial charge >= 0.3 is 0 Å². The standard InChI is InChI=1S/C40H50F2N2O5S/c1-37(2,36(46)44-50(47,48)38(3)20-21-38)28-15-17-33(31(23-28)30-11-6-12-32(41)35(30)27-9-5-10-27)49-29-16-14-26(22-29)8-4-13-34(45)40(42)24-39(43-25-40)18-7-19-39/h4,6,8,11-12,15,17,23,26-27,29,43H,5,7,9-10,13-14,16,18-22,24-25H2,1-3H3,(H,44,46)/b8-4+/t26-,29-,40+/m1/s1. The van der Waals surface area contributed by atoms with Crippen molar-refractivity contribution in [2.45, 2.75) is 138 Å². The first-order chi connectivity index (χ1) is 23.6. The number of hydrogen-bond donors (Lipinski definition) is 2. The van der Waals surface area contributed by atoms with Gasteiger partial charge in [-0.05, 0) is 132 Å². The van der Waals surface area contributed by atoms with Crippen LogP contribution in [0.3, 0.4) is 0 Å². The van der Waals surface area contributed by atoms with Crippen LogP contribution >= 0.6 is 0 Å².